The average molecular weight is 275 g/mol. The SMILES string of the molecule is CC(=O)Nc1ccc(CNCC2(N(C)C)CCC2)cc1. The molecule has 0 unspecified atom stereocenters. The molecule has 0 heterocycles. The topological polar surface area (TPSA) is 44.4 Å². The third-order valence-corrected chi connectivity index (χ3v) is 4.29. The number of hydrogen-bond acceptors (Lipinski definition) is 3. The lowest BCUT2D eigenvalue weighted by Crippen LogP contribution is -2.56. The Kier molecular flexibility index (Phi) is 4.78. The van der Waals surface area contributed by atoms with Crippen molar-refractivity contribution in [2.24, 2.45) is 0 Å². The van der Waals surface area contributed by atoms with Crippen LogP contribution in [0.5, 0.6) is 0 Å². The first-order valence-corrected chi connectivity index (χ1v) is 7.26. The van der Waals surface area contributed by atoms with Gasteiger partial charge in [-0.25, -0.2) is 0 Å². The molecule has 1 amide bonds. The van der Waals surface area contributed by atoms with Crippen molar-refractivity contribution in [1.82, 2.24) is 10.2 Å². The summed E-state index contributed by atoms with van der Waals surface area (Å²) in [5.74, 6) is -0.0335. The minimum absolute atomic E-state index is 0.0335. The summed E-state index contributed by atoms with van der Waals surface area (Å²) in [7, 11) is 4.34. The van der Waals surface area contributed by atoms with E-state index in [4.69, 9.17) is 0 Å². The van der Waals surface area contributed by atoms with Crippen LogP contribution in [0.25, 0.3) is 0 Å². The number of nitrogens with one attached hydrogen (secondary N) is 2. The van der Waals surface area contributed by atoms with Crippen molar-refractivity contribution < 1.29 is 4.79 Å². The molecule has 0 aromatic heterocycles. The summed E-state index contributed by atoms with van der Waals surface area (Å²) in [6.45, 7) is 3.43. The van der Waals surface area contributed by atoms with E-state index in [-0.39, 0.29) is 5.91 Å². The van der Waals surface area contributed by atoms with Gasteiger partial charge in [-0.15, -0.1) is 0 Å². The van der Waals surface area contributed by atoms with E-state index in [0.717, 1.165) is 18.8 Å². The van der Waals surface area contributed by atoms with Crippen LogP contribution in [0.4, 0.5) is 5.69 Å². The van der Waals surface area contributed by atoms with Gasteiger partial charge in [0, 0.05) is 31.2 Å². The number of carbonyl (C=O) groups excluding carboxylic acids is 1. The van der Waals surface area contributed by atoms with E-state index < -0.39 is 0 Å². The highest BCUT2D eigenvalue weighted by Gasteiger charge is 2.38. The van der Waals surface area contributed by atoms with Gasteiger partial charge >= 0.3 is 0 Å². The van der Waals surface area contributed by atoms with Crippen molar-refractivity contribution in [3.05, 3.63) is 29.8 Å². The third kappa shape index (κ3) is 3.58. The minimum Gasteiger partial charge on any atom is -0.326 e. The van der Waals surface area contributed by atoms with Gasteiger partial charge in [0.15, 0.2) is 0 Å². The number of anilines is 1. The zero-order valence-corrected chi connectivity index (χ0v) is 12.7. The molecule has 4 heteroatoms. The molecule has 1 aromatic carbocycles. The van der Waals surface area contributed by atoms with Crippen molar-refractivity contribution in [2.45, 2.75) is 38.3 Å². The predicted octanol–water partition coefficient (Wildman–Crippen LogP) is 2.22. The predicted molar refractivity (Wildman–Crippen MR) is 82.7 cm³/mol. The molecule has 1 saturated carbocycles. The van der Waals surface area contributed by atoms with E-state index >= 15 is 0 Å². The first-order chi connectivity index (χ1) is 9.52. The zero-order chi connectivity index (χ0) is 14.6. The van der Waals surface area contributed by atoms with Gasteiger partial charge in [-0.1, -0.05) is 12.1 Å². The summed E-state index contributed by atoms with van der Waals surface area (Å²) in [6.07, 6.45) is 3.91. The summed E-state index contributed by atoms with van der Waals surface area (Å²) >= 11 is 0. The highest BCUT2D eigenvalue weighted by Crippen LogP contribution is 2.35. The number of hydrogen-bond donors (Lipinski definition) is 2. The second kappa shape index (κ2) is 6.37. The van der Waals surface area contributed by atoms with Gasteiger partial charge in [0.05, 0.1) is 0 Å². The quantitative estimate of drug-likeness (QED) is 0.836. The monoisotopic (exact) mass is 275 g/mol. The number of benzene rings is 1. The minimum atomic E-state index is -0.0335. The fraction of sp³-hybridized carbons (Fsp3) is 0.562. The van der Waals surface area contributed by atoms with Gasteiger partial charge in [-0.2, -0.15) is 0 Å². The summed E-state index contributed by atoms with van der Waals surface area (Å²) < 4.78 is 0. The van der Waals surface area contributed by atoms with E-state index in [0.29, 0.717) is 5.54 Å². The molecular formula is C16H25N3O. The lowest BCUT2D eigenvalue weighted by molar-refractivity contribution is -0.114. The van der Waals surface area contributed by atoms with E-state index in [1.807, 2.05) is 12.1 Å². The molecule has 20 heavy (non-hydrogen) atoms. The Morgan fingerprint density at radius 3 is 2.35 bits per heavy atom. The second-order valence-electron chi connectivity index (χ2n) is 5.95. The zero-order valence-electron chi connectivity index (χ0n) is 12.7. The molecule has 2 N–H and O–H groups in total. The summed E-state index contributed by atoms with van der Waals surface area (Å²) in [5.41, 5.74) is 2.45. The molecule has 4 nitrogen and oxygen atoms in total. The largest absolute Gasteiger partial charge is 0.326 e. The first kappa shape index (κ1) is 15.0. The standard InChI is InChI=1S/C16H25N3O/c1-13(20)18-15-7-5-14(6-8-15)11-17-12-16(19(2)3)9-4-10-16/h5-8,17H,4,9-12H2,1-3H3,(H,18,20). The van der Waals surface area contributed by atoms with Crippen LogP contribution in [0.15, 0.2) is 24.3 Å². The van der Waals surface area contributed by atoms with Crippen LogP contribution in [0.1, 0.15) is 31.7 Å². The Bertz CT molecular complexity index is 449. The van der Waals surface area contributed by atoms with Crippen molar-refractivity contribution in [3.8, 4) is 0 Å². The third-order valence-electron chi connectivity index (χ3n) is 4.29. The van der Waals surface area contributed by atoms with Gasteiger partial charge in [0.1, 0.15) is 0 Å². The van der Waals surface area contributed by atoms with Crippen LogP contribution in [-0.4, -0.2) is 37.0 Å². The van der Waals surface area contributed by atoms with Gasteiger partial charge in [-0.3, -0.25) is 4.79 Å². The van der Waals surface area contributed by atoms with E-state index in [1.54, 1.807) is 0 Å². The normalized spacial score (nSPS) is 16.8. The average Bonchev–Trinajstić information content (AvgIpc) is 2.33. The van der Waals surface area contributed by atoms with E-state index in [2.05, 4.69) is 41.8 Å². The molecule has 2 rings (SSSR count). The molecule has 1 fully saturated rings. The summed E-state index contributed by atoms with van der Waals surface area (Å²) in [6, 6.07) is 8.01. The maximum atomic E-state index is 11.0. The highest BCUT2D eigenvalue weighted by atomic mass is 16.1. The Morgan fingerprint density at radius 2 is 1.90 bits per heavy atom. The smallest absolute Gasteiger partial charge is 0.221 e. The molecule has 0 atom stereocenters. The van der Waals surface area contributed by atoms with E-state index in [9.17, 15) is 4.79 Å². The molecule has 0 spiro atoms. The van der Waals surface area contributed by atoms with Crippen LogP contribution in [0.2, 0.25) is 0 Å². The number of likely N-dealkylation sites (N-methyl/N-ethyl adjacent to an activating group) is 1. The molecule has 110 valence electrons. The molecule has 0 saturated heterocycles. The molecule has 0 bridgehead atoms. The van der Waals surface area contributed by atoms with Crippen LogP contribution in [0.3, 0.4) is 0 Å². The maximum Gasteiger partial charge on any atom is 0.221 e. The molecule has 1 aliphatic rings. The molecular weight excluding hydrogens is 250 g/mol. The van der Waals surface area contributed by atoms with Gasteiger partial charge in [-0.05, 0) is 51.1 Å². The number of amides is 1. The summed E-state index contributed by atoms with van der Waals surface area (Å²) in [5, 5.41) is 6.34. The Balaban J connectivity index is 1.81. The second-order valence-corrected chi connectivity index (χ2v) is 5.95. The van der Waals surface area contributed by atoms with Crippen molar-refractivity contribution >= 4 is 11.6 Å². The lowest BCUT2D eigenvalue weighted by Gasteiger charge is -2.47. The Morgan fingerprint density at radius 1 is 1.25 bits per heavy atom. The molecule has 0 aliphatic heterocycles. The Labute approximate surface area is 121 Å². The fourth-order valence-corrected chi connectivity index (χ4v) is 2.72. The summed E-state index contributed by atoms with van der Waals surface area (Å²) in [4.78, 5) is 13.3. The molecule has 1 aliphatic carbocycles. The van der Waals surface area contributed by atoms with Crippen LogP contribution in [-0.2, 0) is 11.3 Å². The van der Waals surface area contributed by atoms with Crippen LogP contribution >= 0.6 is 0 Å². The lowest BCUT2D eigenvalue weighted by atomic mass is 9.75. The van der Waals surface area contributed by atoms with Gasteiger partial charge in [0.25, 0.3) is 0 Å². The number of rotatable bonds is 6. The fourth-order valence-electron chi connectivity index (χ4n) is 2.72. The highest BCUT2D eigenvalue weighted by molar-refractivity contribution is 5.88. The number of nitrogens with zero attached hydrogens (tertiary/aromatic N) is 1. The maximum absolute atomic E-state index is 11.0. The van der Waals surface area contributed by atoms with Crippen LogP contribution in [0, 0.1) is 0 Å². The molecule has 1 aromatic rings. The van der Waals surface area contributed by atoms with Crippen molar-refractivity contribution in [2.75, 3.05) is 26.0 Å². The van der Waals surface area contributed by atoms with Crippen molar-refractivity contribution in [1.29, 1.82) is 0 Å². The van der Waals surface area contributed by atoms with Crippen LogP contribution < -0.4 is 10.6 Å². The molecule has 0 radical (unpaired) electrons. The van der Waals surface area contributed by atoms with Gasteiger partial charge < -0.3 is 15.5 Å². The number of carbonyl (C=O) groups is 1. The van der Waals surface area contributed by atoms with Crippen molar-refractivity contribution in [3.63, 3.8) is 0 Å². The van der Waals surface area contributed by atoms with E-state index in [1.165, 1.54) is 31.7 Å². The Hall–Kier alpha value is -1.39. The first-order valence-electron chi connectivity index (χ1n) is 7.26. The van der Waals surface area contributed by atoms with Gasteiger partial charge in [0.2, 0.25) is 5.91 Å².